The average Bonchev–Trinajstić information content (AvgIpc) is 2.70. The third kappa shape index (κ3) is 4.78. The highest BCUT2D eigenvalue weighted by atomic mass is 16.5. The molecule has 0 saturated carbocycles. The van der Waals surface area contributed by atoms with Crippen molar-refractivity contribution >= 4 is 17.8 Å². The van der Waals surface area contributed by atoms with E-state index >= 15 is 0 Å². The van der Waals surface area contributed by atoms with Crippen molar-refractivity contribution < 1.29 is 24.0 Å². The third-order valence-electron chi connectivity index (χ3n) is 2.51. The molecule has 1 aromatic heterocycles. The third-order valence-corrected chi connectivity index (χ3v) is 2.51. The van der Waals surface area contributed by atoms with Crippen molar-refractivity contribution in [2.75, 3.05) is 0 Å². The topological polar surface area (TPSA) is 136 Å². The molecule has 0 aliphatic rings. The maximum absolute atomic E-state index is 11.6. The van der Waals surface area contributed by atoms with Gasteiger partial charge in [0.15, 0.2) is 0 Å². The van der Waals surface area contributed by atoms with Gasteiger partial charge in [0.05, 0.1) is 12.1 Å². The van der Waals surface area contributed by atoms with Crippen molar-refractivity contribution in [2.45, 2.75) is 32.2 Å². The van der Waals surface area contributed by atoms with E-state index in [9.17, 15) is 14.4 Å². The lowest BCUT2D eigenvalue weighted by Crippen LogP contribution is -2.43. The summed E-state index contributed by atoms with van der Waals surface area (Å²) in [5.74, 6) is -2.56. The van der Waals surface area contributed by atoms with E-state index in [1.807, 2.05) is 0 Å². The average molecular weight is 269 g/mol. The van der Waals surface area contributed by atoms with Gasteiger partial charge in [-0.1, -0.05) is 5.16 Å². The fourth-order valence-electron chi connectivity index (χ4n) is 1.47. The van der Waals surface area contributed by atoms with Gasteiger partial charge in [0.25, 0.3) is 0 Å². The number of amides is 2. The number of carbonyl (C=O) groups is 3. The van der Waals surface area contributed by atoms with Crippen LogP contribution >= 0.6 is 0 Å². The van der Waals surface area contributed by atoms with Crippen LogP contribution in [-0.2, 0) is 20.8 Å². The summed E-state index contributed by atoms with van der Waals surface area (Å²) in [6.45, 7) is 1.74. The SMILES string of the molecule is Cc1nocc1CCC(=O)N[C@@H](CC(N)=O)C(=O)O. The van der Waals surface area contributed by atoms with E-state index in [-0.39, 0.29) is 6.42 Å². The molecule has 1 atom stereocenters. The predicted molar refractivity (Wildman–Crippen MR) is 62.9 cm³/mol. The molecule has 0 spiro atoms. The quantitative estimate of drug-likeness (QED) is 0.602. The summed E-state index contributed by atoms with van der Waals surface area (Å²) in [5, 5.41) is 14.7. The van der Waals surface area contributed by atoms with E-state index in [0.29, 0.717) is 12.1 Å². The van der Waals surface area contributed by atoms with Gasteiger partial charge in [-0.05, 0) is 13.3 Å². The van der Waals surface area contributed by atoms with Gasteiger partial charge in [-0.25, -0.2) is 4.79 Å². The van der Waals surface area contributed by atoms with Crippen molar-refractivity contribution in [3.05, 3.63) is 17.5 Å². The van der Waals surface area contributed by atoms with E-state index in [1.54, 1.807) is 6.92 Å². The van der Waals surface area contributed by atoms with Gasteiger partial charge in [-0.15, -0.1) is 0 Å². The van der Waals surface area contributed by atoms with Gasteiger partial charge in [-0.2, -0.15) is 0 Å². The molecule has 0 aliphatic heterocycles. The number of rotatable bonds is 7. The molecular formula is C11H15N3O5. The summed E-state index contributed by atoms with van der Waals surface area (Å²) < 4.78 is 4.71. The summed E-state index contributed by atoms with van der Waals surface area (Å²) in [5.41, 5.74) is 6.36. The molecule has 8 heteroatoms. The molecule has 0 unspecified atom stereocenters. The molecule has 8 nitrogen and oxygen atoms in total. The van der Waals surface area contributed by atoms with E-state index in [0.717, 1.165) is 5.56 Å². The number of aryl methyl sites for hydroxylation is 2. The minimum absolute atomic E-state index is 0.0740. The standard InChI is InChI=1S/C11H15N3O5/c1-6-7(5-19-14-6)2-3-10(16)13-8(11(17)18)4-9(12)15/h5,8H,2-4H2,1H3,(H2,12,15)(H,13,16)(H,17,18)/t8-/m0/s1. The van der Waals surface area contributed by atoms with Crippen LogP contribution in [0, 0.1) is 6.92 Å². The van der Waals surface area contributed by atoms with Crippen LogP contribution in [0.3, 0.4) is 0 Å². The van der Waals surface area contributed by atoms with Crippen LogP contribution in [0.5, 0.6) is 0 Å². The minimum Gasteiger partial charge on any atom is -0.480 e. The smallest absolute Gasteiger partial charge is 0.326 e. The van der Waals surface area contributed by atoms with Crippen molar-refractivity contribution in [2.24, 2.45) is 5.73 Å². The normalized spacial score (nSPS) is 11.8. The van der Waals surface area contributed by atoms with Crippen LogP contribution in [-0.4, -0.2) is 34.1 Å². The van der Waals surface area contributed by atoms with Crippen LogP contribution in [0.4, 0.5) is 0 Å². The largest absolute Gasteiger partial charge is 0.480 e. The Bertz CT molecular complexity index is 482. The van der Waals surface area contributed by atoms with Crippen LogP contribution in [0.2, 0.25) is 0 Å². The van der Waals surface area contributed by atoms with E-state index in [1.165, 1.54) is 6.26 Å². The Hall–Kier alpha value is -2.38. The maximum atomic E-state index is 11.6. The van der Waals surface area contributed by atoms with Gasteiger partial charge in [0.2, 0.25) is 11.8 Å². The summed E-state index contributed by atoms with van der Waals surface area (Å²) in [4.78, 5) is 33.1. The molecule has 104 valence electrons. The summed E-state index contributed by atoms with van der Waals surface area (Å²) in [6, 6.07) is -1.30. The Balaban J connectivity index is 2.47. The van der Waals surface area contributed by atoms with E-state index in [4.69, 9.17) is 15.4 Å². The van der Waals surface area contributed by atoms with E-state index < -0.39 is 30.2 Å². The number of hydrogen-bond acceptors (Lipinski definition) is 5. The Kier molecular flexibility index (Phi) is 5.04. The molecule has 1 aromatic rings. The zero-order valence-corrected chi connectivity index (χ0v) is 10.4. The monoisotopic (exact) mass is 269 g/mol. The number of aliphatic carboxylic acids is 1. The van der Waals surface area contributed by atoms with Crippen LogP contribution in [0.1, 0.15) is 24.1 Å². The second-order valence-electron chi connectivity index (χ2n) is 4.05. The zero-order chi connectivity index (χ0) is 14.4. The van der Waals surface area contributed by atoms with Crippen LogP contribution in [0.15, 0.2) is 10.8 Å². The molecular weight excluding hydrogens is 254 g/mol. The van der Waals surface area contributed by atoms with Gasteiger partial charge in [0.1, 0.15) is 12.3 Å². The fourth-order valence-corrected chi connectivity index (χ4v) is 1.47. The summed E-state index contributed by atoms with van der Waals surface area (Å²) in [6.07, 6.45) is 1.45. The molecule has 0 saturated heterocycles. The highest BCUT2D eigenvalue weighted by Crippen LogP contribution is 2.07. The van der Waals surface area contributed by atoms with E-state index in [2.05, 4.69) is 10.5 Å². The predicted octanol–water partition coefficient (Wildman–Crippen LogP) is -0.640. The lowest BCUT2D eigenvalue weighted by atomic mass is 10.1. The Morgan fingerprint density at radius 1 is 1.53 bits per heavy atom. The highest BCUT2D eigenvalue weighted by Gasteiger charge is 2.22. The number of nitrogens with two attached hydrogens (primary N) is 1. The number of nitrogens with zero attached hydrogens (tertiary/aromatic N) is 1. The van der Waals surface area contributed by atoms with Crippen LogP contribution in [0.25, 0.3) is 0 Å². The second kappa shape index (κ2) is 6.53. The van der Waals surface area contributed by atoms with Gasteiger partial charge in [0, 0.05) is 12.0 Å². The number of carboxylic acid groups (broad SMARTS) is 1. The molecule has 0 aliphatic carbocycles. The fraction of sp³-hybridized carbons (Fsp3) is 0.455. The molecule has 1 heterocycles. The summed E-state index contributed by atoms with van der Waals surface area (Å²) in [7, 11) is 0. The molecule has 0 radical (unpaired) electrons. The lowest BCUT2D eigenvalue weighted by Gasteiger charge is -2.12. The molecule has 1 rings (SSSR count). The molecule has 2 amide bonds. The first-order chi connectivity index (χ1) is 8.90. The van der Waals surface area contributed by atoms with Crippen molar-refractivity contribution in [1.29, 1.82) is 0 Å². The highest BCUT2D eigenvalue weighted by molar-refractivity contribution is 5.88. The number of primary amides is 1. The first-order valence-corrected chi connectivity index (χ1v) is 5.60. The van der Waals surface area contributed by atoms with Crippen molar-refractivity contribution in [3.63, 3.8) is 0 Å². The lowest BCUT2D eigenvalue weighted by molar-refractivity contribution is -0.143. The molecule has 4 N–H and O–H groups in total. The first-order valence-electron chi connectivity index (χ1n) is 5.60. The number of carboxylic acids is 1. The Morgan fingerprint density at radius 3 is 2.68 bits per heavy atom. The zero-order valence-electron chi connectivity index (χ0n) is 10.4. The Labute approximate surface area is 108 Å². The Morgan fingerprint density at radius 2 is 2.21 bits per heavy atom. The van der Waals surface area contributed by atoms with Gasteiger partial charge in [-0.3, -0.25) is 9.59 Å². The molecule has 0 fully saturated rings. The molecule has 19 heavy (non-hydrogen) atoms. The summed E-state index contributed by atoms with van der Waals surface area (Å²) >= 11 is 0. The molecule has 0 bridgehead atoms. The minimum atomic E-state index is -1.30. The molecule has 0 aromatic carbocycles. The van der Waals surface area contributed by atoms with Crippen LogP contribution < -0.4 is 11.1 Å². The second-order valence-corrected chi connectivity index (χ2v) is 4.05. The number of aromatic nitrogens is 1. The first kappa shape index (κ1) is 14.7. The van der Waals surface area contributed by atoms with Crippen molar-refractivity contribution in [1.82, 2.24) is 10.5 Å². The van der Waals surface area contributed by atoms with Gasteiger partial charge >= 0.3 is 5.97 Å². The maximum Gasteiger partial charge on any atom is 0.326 e. The number of hydrogen-bond donors (Lipinski definition) is 3. The number of nitrogens with one attached hydrogen (secondary N) is 1. The number of carbonyl (C=O) groups excluding carboxylic acids is 2. The van der Waals surface area contributed by atoms with Gasteiger partial charge < -0.3 is 20.7 Å². The van der Waals surface area contributed by atoms with Crippen molar-refractivity contribution in [3.8, 4) is 0 Å².